The van der Waals surface area contributed by atoms with E-state index < -0.39 is 30.3 Å². The van der Waals surface area contributed by atoms with E-state index in [0.29, 0.717) is 12.8 Å². The molecule has 1 aliphatic rings. The zero-order valence-electron chi connectivity index (χ0n) is 11.4. The maximum absolute atomic E-state index is 13.4. The van der Waals surface area contributed by atoms with Crippen molar-refractivity contribution in [1.29, 1.82) is 0 Å². The number of carbonyl (C=O) groups is 3. The van der Waals surface area contributed by atoms with Gasteiger partial charge >= 0.3 is 5.97 Å². The fraction of sp³-hybridized carbons (Fsp3) is 0.400. The van der Waals surface area contributed by atoms with Gasteiger partial charge in [-0.25, -0.2) is 4.39 Å². The number of hydrogen-bond acceptors (Lipinski definition) is 4. The van der Waals surface area contributed by atoms with Crippen LogP contribution in [0.5, 0.6) is 0 Å². The Morgan fingerprint density at radius 1 is 1.29 bits per heavy atom. The Morgan fingerprint density at radius 2 is 2.05 bits per heavy atom. The lowest BCUT2D eigenvalue weighted by Gasteiger charge is -2.20. The molecule has 1 aromatic rings. The van der Waals surface area contributed by atoms with Crippen LogP contribution in [-0.2, 0) is 14.3 Å². The van der Waals surface area contributed by atoms with Crippen molar-refractivity contribution in [3.05, 3.63) is 35.6 Å². The molecular weight excluding hydrogens is 277 g/mol. The summed E-state index contributed by atoms with van der Waals surface area (Å²) in [5.74, 6) is -2.14. The van der Waals surface area contributed by atoms with E-state index in [0.717, 1.165) is 18.9 Å². The topological polar surface area (TPSA) is 72.5 Å². The van der Waals surface area contributed by atoms with Crippen LogP contribution in [0.15, 0.2) is 24.3 Å². The summed E-state index contributed by atoms with van der Waals surface area (Å²) in [7, 11) is 0. The average Bonchev–Trinajstić information content (AvgIpc) is 2.48. The normalized spacial score (nSPS) is 18.1. The molecule has 21 heavy (non-hydrogen) atoms. The lowest BCUT2D eigenvalue weighted by atomic mass is 9.96. The van der Waals surface area contributed by atoms with Crippen molar-refractivity contribution in [2.75, 3.05) is 6.54 Å². The minimum Gasteiger partial charge on any atom is -0.453 e. The number of rotatable bonds is 4. The van der Waals surface area contributed by atoms with E-state index in [1.807, 2.05) is 0 Å². The Morgan fingerprint density at radius 3 is 2.76 bits per heavy atom. The van der Waals surface area contributed by atoms with Crippen LogP contribution in [0.25, 0.3) is 0 Å². The van der Waals surface area contributed by atoms with Crippen LogP contribution < -0.4 is 5.32 Å². The molecule has 0 saturated heterocycles. The summed E-state index contributed by atoms with van der Waals surface area (Å²) >= 11 is 0. The van der Waals surface area contributed by atoms with Gasteiger partial charge in [0.25, 0.3) is 5.91 Å². The van der Waals surface area contributed by atoms with Crippen LogP contribution in [0.4, 0.5) is 4.39 Å². The highest BCUT2D eigenvalue weighted by molar-refractivity contribution is 5.96. The molecule has 0 aliphatic heterocycles. The van der Waals surface area contributed by atoms with Crippen LogP contribution in [0.1, 0.15) is 36.0 Å². The molecule has 0 aromatic heterocycles. The second-order valence-electron chi connectivity index (χ2n) is 4.85. The molecule has 1 fully saturated rings. The molecule has 0 spiro atoms. The first kappa shape index (κ1) is 15.2. The number of ketones is 1. The summed E-state index contributed by atoms with van der Waals surface area (Å²) in [4.78, 5) is 34.8. The Kier molecular flexibility index (Phi) is 5.03. The van der Waals surface area contributed by atoms with Crippen LogP contribution in [0.2, 0.25) is 0 Å². The number of amides is 1. The number of hydrogen-bond donors (Lipinski definition) is 1. The van der Waals surface area contributed by atoms with E-state index in [2.05, 4.69) is 5.32 Å². The van der Waals surface area contributed by atoms with Crippen LogP contribution >= 0.6 is 0 Å². The van der Waals surface area contributed by atoms with Gasteiger partial charge in [0.15, 0.2) is 11.9 Å². The second-order valence-corrected chi connectivity index (χ2v) is 4.85. The zero-order chi connectivity index (χ0) is 15.2. The number of carbonyl (C=O) groups excluding carboxylic acids is 3. The third-order valence-electron chi connectivity index (χ3n) is 3.28. The summed E-state index contributed by atoms with van der Waals surface area (Å²) in [6.45, 7) is -0.392. The summed E-state index contributed by atoms with van der Waals surface area (Å²) in [5, 5.41) is 2.28. The van der Waals surface area contributed by atoms with E-state index in [1.165, 1.54) is 18.2 Å². The molecule has 0 radical (unpaired) electrons. The molecule has 5 nitrogen and oxygen atoms in total. The number of esters is 1. The van der Waals surface area contributed by atoms with Gasteiger partial charge in [-0.3, -0.25) is 14.4 Å². The molecule has 1 amide bonds. The summed E-state index contributed by atoms with van der Waals surface area (Å²) in [6, 6.07) is 5.47. The van der Waals surface area contributed by atoms with Gasteiger partial charge in [0.1, 0.15) is 12.4 Å². The van der Waals surface area contributed by atoms with Crippen LogP contribution in [0.3, 0.4) is 0 Å². The number of benzene rings is 1. The largest absolute Gasteiger partial charge is 0.453 e. The highest BCUT2D eigenvalue weighted by Gasteiger charge is 2.25. The number of Topliss-reactive ketones (excluding diaryl/α,β-unsaturated/α-hetero) is 1. The molecule has 1 unspecified atom stereocenters. The molecule has 1 atom stereocenters. The first-order valence-corrected chi connectivity index (χ1v) is 6.83. The fourth-order valence-electron chi connectivity index (χ4n) is 2.17. The minimum absolute atomic E-state index is 0.0879. The molecule has 0 bridgehead atoms. The number of ether oxygens (including phenoxy) is 1. The molecule has 112 valence electrons. The molecule has 1 aromatic carbocycles. The fourth-order valence-corrected chi connectivity index (χ4v) is 2.17. The van der Waals surface area contributed by atoms with Gasteiger partial charge in [0.2, 0.25) is 0 Å². The van der Waals surface area contributed by atoms with Crippen molar-refractivity contribution in [2.45, 2.75) is 31.8 Å². The Balaban J connectivity index is 1.82. The molecule has 1 aliphatic carbocycles. The Bertz CT molecular complexity index is 558. The van der Waals surface area contributed by atoms with Gasteiger partial charge in [-0.05, 0) is 31.4 Å². The van der Waals surface area contributed by atoms with Crippen molar-refractivity contribution < 1.29 is 23.5 Å². The van der Waals surface area contributed by atoms with E-state index in [4.69, 9.17) is 4.74 Å². The lowest BCUT2D eigenvalue weighted by molar-refractivity contribution is -0.155. The van der Waals surface area contributed by atoms with E-state index in [-0.39, 0.29) is 11.3 Å². The maximum atomic E-state index is 13.4. The molecule has 0 heterocycles. The van der Waals surface area contributed by atoms with Gasteiger partial charge in [-0.1, -0.05) is 12.1 Å². The molecule has 1 saturated carbocycles. The van der Waals surface area contributed by atoms with E-state index >= 15 is 0 Å². The third kappa shape index (κ3) is 4.11. The third-order valence-corrected chi connectivity index (χ3v) is 3.28. The van der Waals surface area contributed by atoms with Gasteiger partial charge < -0.3 is 10.1 Å². The van der Waals surface area contributed by atoms with E-state index in [1.54, 1.807) is 0 Å². The number of halogens is 1. The monoisotopic (exact) mass is 293 g/mol. The molecule has 2 rings (SSSR count). The maximum Gasteiger partial charge on any atom is 0.326 e. The first-order chi connectivity index (χ1) is 10.1. The average molecular weight is 293 g/mol. The van der Waals surface area contributed by atoms with Crippen LogP contribution in [-0.4, -0.2) is 30.3 Å². The van der Waals surface area contributed by atoms with Crippen molar-refractivity contribution in [2.24, 2.45) is 0 Å². The summed E-state index contributed by atoms with van der Waals surface area (Å²) < 4.78 is 18.4. The van der Waals surface area contributed by atoms with Gasteiger partial charge in [0.05, 0.1) is 5.56 Å². The first-order valence-electron chi connectivity index (χ1n) is 6.83. The quantitative estimate of drug-likeness (QED) is 0.856. The highest BCUT2D eigenvalue weighted by atomic mass is 19.1. The predicted molar refractivity (Wildman–Crippen MR) is 72.1 cm³/mol. The SMILES string of the molecule is O=C(CNC(=O)c1ccccc1F)OC1CCCCC1=O. The van der Waals surface area contributed by atoms with Crippen molar-refractivity contribution >= 4 is 17.7 Å². The summed E-state index contributed by atoms with van der Waals surface area (Å²) in [5.41, 5.74) is -0.140. The summed E-state index contributed by atoms with van der Waals surface area (Å²) in [6.07, 6.45) is 1.88. The van der Waals surface area contributed by atoms with Crippen molar-refractivity contribution in [1.82, 2.24) is 5.32 Å². The van der Waals surface area contributed by atoms with Crippen molar-refractivity contribution in [3.8, 4) is 0 Å². The van der Waals surface area contributed by atoms with Crippen LogP contribution in [0, 0.1) is 5.82 Å². The zero-order valence-corrected chi connectivity index (χ0v) is 11.4. The second kappa shape index (κ2) is 6.97. The molecule has 6 heteroatoms. The van der Waals surface area contributed by atoms with Gasteiger partial charge in [-0.2, -0.15) is 0 Å². The lowest BCUT2D eigenvalue weighted by Crippen LogP contribution is -2.36. The van der Waals surface area contributed by atoms with Crippen molar-refractivity contribution in [3.63, 3.8) is 0 Å². The number of nitrogens with one attached hydrogen (secondary N) is 1. The van der Waals surface area contributed by atoms with Gasteiger partial charge in [-0.15, -0.1) is 0 Å². The molecular formula is C15H16FNO4. The Hall–Kier alpha value is -2.24. The standard InChI is InChI=1S/C15H16FNO4/c16-11-6-2-1-5-10(11)15(20)17-9-14(19)21-13-8-4-3-7-12(13)18/h1-2,5-6,13H,3-4,7-9H2,(H,17,20). The van der Waals surface area contributed by atoms with E-state index in [9.17, 15) is 18.8 Å². The smallest absolute Gasteiger partial charge is 0.326 e. The Labute approximate surface area is 121 Å². The highest BCUT2D eigenvalue weighted by Crippen LogP contribution is 2.17. The predicted octanol–water partition coefficient (Wildman–Crippen LogP) is 1.61. The molecule has 1 N–H and O–H groups in total. The minimum atomic E-state index is -0.711. The van der Waals surface area contributed by atoms with Gasteiger partial charge in [0, 0.05) is 6.42 Å².